The van der Waals surface area contributed by atoms with Gasteiger partial charge in [-0.05, 0) is 65.8 Å². The first-order valence-corrected chi connectivity index (χ1v) is 9.84. The molecule has 3 heterocycles. The molecular weight excluding hydrogens is 374 g/mol. The SMILES string of the molecule is Fc1cc(C2CC2c2cnc(-c3ncccn3)nc2)cc(CC2CCOC2)c1F. The molecule has 2 aliphatic rings. The molecule has 0 radical (unpaired) electrons. The van der Waals surface area contributed by atoms with E-state index in [4.69, 9.17) is 4.74 Å². The maximum absolute atomic E-state index is 14.3. The molecule has 5 nitrogen and oxygen atoms in total. The van der Waals surface area contributed by atoms with Crippen molar-refractivity contribution < 1.29 is 13.5 Å². The Labute approximate surface area is 167 Å². The van der Waals surface area contributed by atoms with Gasteiger partial charge < -0.3 is 4.74 Å². The van der Waals surface area contributed by atoms with E-state index in [0.717, 1.165) is 24.0 Å². The van der Waals surface area contributed by atoms with Crippen molar-refractivity contribution in [1.29, 1.82) is 0 Å². The molecule has 148 valence electrons. The first-order valence-electron chi connectivity index (χ1n) is 9.84. The van der Waals surface area contributed by atoms with Crippen LogP contribution in [0.3, 0.4) is 0 Å². The number of halogens is 2. The second-order valence-electron chi connectivity index (χ2n) is 7.77. The highest BCUT2D eigenvalue weighted by Crippen LogP contribution is 2.54. The van der Waals surface area contributed by atoms with Gasteiger partial charge in [-0.2, -0.15) is 0 Å². The van der Waals surface area contributed by atoms with E-state index in [2.05, 4.69) is 19.9 Å². The van der Waals surface area contributed by atoms with Gasteiger partial charge in [-0.3, -0.25) is 0 Å². The molecule has 3 atom stereocenters. The summed E-state index contributed by atoms with van der Waals surface area (Å²) in [5.74, 6) is 0.0888. The van der Waals surface area contributed by atoms with Crippen LogP contribution in [0.15, 0.2) is 43.0 Å². The van der Waals surface area contributed by atoms with Gasteiger partial charge in [0, 0.05) is 38.0 Å². The van der Waals surface area contributed by atoms with Gasteiger partial charge in [0.25, 0.3) is 0 Å². The van der Waals surface area contributed by atoms with Crippen molar-refractivity contribution in [2.75, 3.05) is 13.2 Å². The molecule has 2 aromatic heterocycles. The van der Waals surface area contributed by atoms with Crippen LogP contribution < -0.4 is 0 Å². The molecule has 29 heavy (non-hydrogen) atoms. The van der Waals surface area contributed by atoms with Crippen molar-refractivity contribution in [2.24, 2.45) is 5.92 Å². The van der Waals surface area contributed by atoms with Gasteiger partial charge in [0.2, 0.25) is 0 Å². The first-order chi connectivity index (χ1) is 14.2. The lowest BCUT2D eigenvalue weighted by Crippen LogP contribution is -2.07. The van der Waals surface area contributed by atoms with Crippen molar-refractivity contribution >= 4 is 0 Å². The van der Waals surface area contributed by atoms with E-state index < -0.39 is 11.6 Å². The number of hydrogen-bond donors (Lipinski definition) is 0. The molecule has 0 N–H and O–H groups in total. The molecule has 0 spiro atoms. The standard InChI is InChI=1S/C22H20F2N4O/c23-19-8-14(7-15(20(19)24)6-13-2-5-29-12-13)17-9-18(17)16-10-27-22(28-11-16)21-25-3-1-4-26-21/h1,3-4,7-8,10-11,13,17-18H,2,5-6,9,12H2. The lowest BCUT2D eigenvalue weighted by atomic mass is 9.95. The van der Waals surface area contributed by atoms with E-state index in [1.807, 2.05) is 6.07 Å². The van der Waals surface area contributed by atoms with Crippen LogP contribution >= 0.6 is 0 Å². The molecule has 3 aromatic rings. The highest BCUT2D eigenvalue weighted by atomic mass is 19.2. The van der Waals surface area contributed by atoms with Crippen LogP contribution in [-0.4, -0.2) is 33.1 Å². The Bertz CT molecular complexity index is 1010. The fraction of sp³-hybridized carbons (Fsp3) is 0.364. The molecule has 1 aliphatic carbocycles. The molecule has 1 saturated heterocycles. The first kappa shape index (κ1) is 18.2. The van der Waals surface area contributed by atoms with Crippen molar-refractivity contribution in [3.63, 3.8) is 0 Å². The number of aromatic nitrogens is 4. The average molecular weight is 394 g/mol. The van der Waals surface area contributed by atoms with E-state index >= 15 is 0 Å². The summed E-state index contributed by atoms with van der Waals surface area (Å²) in [6.07, 6.45) is 9.14. The third kappa shape index (κ3) is 3.74. The quantitative estimate of drug-likeness (QED) is 0.653. The van der Waals surface area contributed by atoms with Crippen LogP contribution in [0.25, 0.3) is 11.6 Å². The van der Waals surface area contributed by atoms with E-state index in [9.17, 15) is 8.78 Å². The second-order valence-corrected chi connectivity index (χ2v) is 7.77. The zero-order valence-corrected chi connectivity index (χ0v) is 15.8. The van der Waals surface area contributed by atoms with Crippen molar-refractivity contribution in [3.05, 3.63) is 71.3 Å². The number of ether oxygens (including phenoxy) is 1. The van der Waals surface area contributed by atoms with Crippen LogP contribution in [0.1, 0.15) is 41.4 Å². The molecule has 1 saturated carbocycles. The minimum Gasteiger partial charge on any atom is -0.381 e. The summed E-state index contributed by atoms with van der Waals surface area (Å²) in [5, 5.41) is 0. The third-order valence-electron chi connectivity index (χ3n) is 5.74. The van der Waals surface area contributed by atoms with Crippen LogP contribution in [0, 0.1) is 17.6 Å². The van der Waals surface area contributed by atoms with E-state index in [-0.39, 0.29) is 17.8 Å². The van der Waals surface area contributed by atoms with Gasteiger partial charge in [0.05, 0.1) is 0 Å². The highest BCUT2D eigenvalue weighted by Gasteiger charge is 2.40. The summed E-state index contributed by atoms with van der Waals surface area (Å²) < 4.78 is 33.9. The summed E-state index contributed by atoms with van der Waals surface area (Å²) in [4.78, 5) is 17.0. The zero-order chi connectivity index (χ0) is 19.8. The molecular formula is C22H20F2N4O. The van der Waals surface area contributed by atoms with Crippen molar-refractivity contribution in [2.45, 2.75) is 31.1 Å². The van der Waals surface area contributed by atoms with E-state index in [1.54, 1.807) is 30.9 Å². The zero-order valence-electron chi connectivity index (χ0n) is 15.8. The highest BCUT2D eigenvalue weighted by molar-refractivity contribution is 5.43. The van der Waals surface area contributed by atoms with E-state index in [0.29, 0.717) is 36.8 Å². The molecule has 3 unspecified atom stereocenters. The molecule has 1 aliphatic heterocycles. The van der Waals surface area contributed by atoms with Gasteiger partial charge in [-0.1, -0.05) is 6.07 Å². The van der Waals surface area contributed by atoms with Crippen LogP contribution in [0.5, 0.6) is 0 Å². The lowest BCUT2D eigenvalue weighted by Gasteiger charge is -2.11. The Morgan fingerprint density at radius 3 is 2.38 bits per heavy atom. The molecule has 1 aromatic carbocycles. The topological polar surface area (TPSA) is 60.8 Å². The maximum Gasteiger partial charge on any atom is 0.197 e. The Morgan fingerprint density at radius 2 is 1.66 bits per heavy atom. The Balaban J connectivity index is 1.33. The smallest absolute Gasteiger partial charge is 0.197 e. The monoisotopic (exact) mass is 394 g/mol. The predicted molar refractivity (Wildman–Crippen MR) is 102 cm³/mol. The minimum atomic E-state index is -0.769. The summed E-state index contributed by atoms with van der Waals surface area (Å²) in [6.45, 7) is 1.31. The summed E-state index contributed by atoms with van der Waals surface area (Å²) in [7, 11) is 0. The molecule has 0 amide bonds. The molecule has 5 rings (SSSR count). The van der Waals surface area contributed by atoms with Crippen LogP contribution in [0.2, 0.25) is 0 Å². The van der Waals surface area contributed by atoms with Gasteiger partial charge >= 0.3 is 0 Å². The third-order valence-corrected chi connectivity index (χ3v) is 5.74. The minimum absolute atomic E-state index is 0.158. The number of nitrogens with zero attached hydrogens (tertiary/aromatic N) is 4. The van der Waals surface area contributed by atoms with Crippen LogP contribution in [0.4, 0.5) is 8.78 Å². The normalized spacial score (nSPS) is 23.3. The molecule has 2 fully saturated rings. The summed E-state index contributed by atoms with van der Waals surface area (Å²) in [5.41, 5.74) is 2.29. The Hall–Kier alpha value is -2.80. The fourth-order valence-corrected chi connectivity index (χ4v) is 4.08. The Kier molecular flexibility index (Phi) is 4.75. The van der Waals surface area contributed by atoms with Gasteiger partial charge in [-0.25, -0.2) is 28.7 Å². The number of rotatable bonds is 5. The molecule has 0 bridgehead atoms. The largest absolute Gasteiger partial charge is 0.381 e. The van der Waals surface area contributed by atoms with Gasteiger partial charge in [0.15, 0.2) is 23.3 Å². The predicted octanol–water partition coefficient (Wildman–Crippen LogP) is 4.06. The lowest BCUT2D eigenvalue weighted by molar-refractivity contribution is 0.185. The second kappa shape index (κ2) is 7.55. The maximum atomic E-state index is 14.3. The van der Waals surface area contributed by atoms with Crippen molar-refractivity contribution in [1.82, 2.24) is 19.9 Å². The van der Waals surface area contributed by atoms with Gasteiger partial charge in [0.1, 0.15) is 0 Å². The number of hydrogen-bond acceptors (Lipinski definition) is 5. The van der Waals surface area contributed by atoms with Gasteiger partial charge in [-0.15, -0.1) is 0 Å². The van der Waals surface area contributed by atoms with Crippen molar-refractivity contribution in [3.8, 4) is 11.6 Å². The number of benzene rings is 1. The molecule has 7 heteroatoms. The van der Waals surface area contributed by atoms with E-state index in [1.165, 1.54) is 6.07 Å². The van der Waals surface area contributed by atoms with Crippen LogP contribution in [-0.2, 0) is 11.2 Å². The summed E-state index contributed by atoms with van der Waals surface area (Å²) in [6, 6.07) is 4.90. The Morgan fingerprint density at radius 1 is 0.931 bits per heavy atom. The average Bonchev–Trinajstić information content (AvgIpc) is 3.40. The fourth-order valence-electron chi connectivity index (χ4n) is 4.08. The summed E-state index contributed by atoms with van der Waals surface area (Å²) >= 11 is 0.